The van der Waals surface area contributed by atoms with Crippen LogP contribution in [-0.4, -0.2) is 221 Å². The third kappa shape index (κ3) is 9.66. The minimum Gasteiger partial charge on any atom is -0.481 e. The second-order valence-corrected chi connectivity index (χ2v) is 26.5. The van der Waals surface area contributed by atoms with Gasteiger partial charge in [-0.1, -0.05) is 46.3 Å². The lowest BCUT2D eigenvalue weighted by atomic mass is 9.33. The first kappa shape index (κ1) is 61.5. The Hall–Kier alpha value is -3.06. The van der Waals surface area contributed by atoms with Crippen molar-refractivity contribution in [1.82, 2.24) is 0 Å². The van der Waals surface area contributed by atoms with Crippen LogP contribution in [0, 0.1) is 50.2 Å². The standard InChI is InChI=1S/C55H84O25/c1-22-30(59)31(60)34(63)43(73-22)78-39-38(77-46-40(65)55(71,20-56)21-72-46)36(75-24(3)57)23(2)74-45(39)80-48(70)54-16-14-49(4,5)18-26(54)25-10-11-28-50(6)19-27(58)41(79-44-35(64)32(61)33(62)37(76-44)42(66)67)53(9,47(68)69)29(50)12-13-52(28,8)51(25,7)15-17-54/h10,22-23,26-41,43-46,56,58-65,71H,11-21H2,1-9H3,(H,66,67)(H,68,69)/t22-,23+,26-,27-,28?,29?,30-,31+,32-,33-,34+,35+,36-,37-,38-,39+,40-,41-,43-,44-,45-,46-,50+,51+,52+,53-,54-,55+/m1/s1. The number of hydrogen-bond donors (Lipinski definition) is 12. The number of aliphatic carboxylic acids is 2. The monoisotopic (exact) mass is 1140 g/mol. The molecule has 9 rings (SSSR count). The van der Waals surface area contributed by atoms with E-state index >= 15 is 4.79 Å². The van der Waals surface area contributed by atoms with Gasteiger partial charge < -0.3 is 104 Å². The van der Waals surface area contributed by atoms with E-state index in [2.05, 4.69) is 33.8 Å². The molecule has 0 bridgehead atoms. The van der Waals surface area contributed by atoms with Gasteiger partial charge in [0.1, 0.15) is 60.5 Å². The largest absolute Gasteiger partial charge is 0.481 e. The summed E-state index contributed by atoms with van der Waals surface area (Å²) < 4.78 is 54.4. The van der Waals surface area contributed by atoms with Crippen LogP contribution < -0.4 is 0 Å². The van der Waals surface area contributed by atoms with Crippen molar-refractivity contribution in [2.24, 2.45) is 50.2 Å². The van der Waals surface area contributed by atoms with E-state index in [1.54, 1.807) is 0 Å². The van der Waals surface area contributed by atoms with Crippen LogP contribution in [0.4, 0.5) is 0 Å². The maximum Gasteiger partial charge on any atom is 0.335 e. The van der Waals surface area contributed by atoms with Gasteiger partial charge >= 0.3 is 23.9 Å². The molecule has 9 aliphatic rings. The van der Waals surface area contributed by atoms with Crippen LogP contribution in [0.3, 0.4) is 0 Å². The first-order valence-electron chi connectivity index (χ1n) is 28.0. The number of carbonyl (C=O) groups is 4. The predicted octanol–water partition coefficient (Wildman–Crippen LogP) is -0.641. The number of carboxylic acids is 2. The van der Waals surface area contributed by atoms with E-state index in [0.717, 1.165) is 12.5 Å². The van der Waals surface area contributed by atoms with E-state index in [-0.39, 0.29) is 17.8 Å². The Balaban J connectivity index is 1.04. The minimum absolute atomic E-state index is 0.0371. The zero-order chi connectivity index (χ0) is 58.9. The Labute approximate surface area is 463 Å². The number of esters is 2. The number of allylic oxidation sites excluding steroid dienone is 2. The summed E-state index contributed by atoms with van der Waals surface area (Å²) in [4.78, 5) is 54.2. The Morgan fingerprint density at radius 3 is 1.89 bits per heavy atom. The molecule has 25 heteroatoms. The van der Waals surface area contributed by atoms with Gasteiger partial charge in [-0.2, -0.15) is 0 Å². The van der Waals surface area contributed by atoms with Crippen molar-refractivity contribution in [3.05, 3.63) is 11.6 Å². The number of aliphatic hydroxyl groups is 10. The van der Waals surface area contributed by atoms with Gasteiger partial charge in [0.15, 0.2) is 37.2 Å². The second kappa shape index (κ2) is 21.5. The van der Waals surface area contributed by atoms with Crippen LogP contribution in [0.5, 0.6) is 0 Å². The average Bonchev–Trinajstić information content (AvgIpc) is 2.27. The number of aliphatic hydroxyl groups excluding tert-OH is 9. The molecule has 25 nitrogen and oxygen atoms in total. The van der Waals surface area contributed by atoms with Crippen LogP contribution in [0.2, 0.25) is 0 Å². The summed E-state index contributed by atoms with van der Waals surface area (Å²) in [5.74, 6) is -5.75. The summed E-state index contributed by atoms with van der Waals surface area (Å²) in [6.07, 6.45) is -26.4. The third-order valence-corrected chi connectivity index (χ3v) is 21.4. The van der Waals surface area contributed by atoms with E-state index in [4.69, 9.17) is 42.6 Å². The van der Waals surface area contributed by atoms with E-state index < -0.39 is 198 Å². The smallest absolute Gasteiger partial charge is 0.335 e. The Morgan fingerprint density at radius 1 is 0.662 bits per heavy atom. The molecule has 5 aliphatic carbocycles. The maximum absolute atomic E-state index is 15.7. The Bertz CT molecular complexity index is 2390. The molecule has 2 unspecified atom stereocenters. The molecule has 0 aromatic carbocycles. The van der Waals surface area contributed by atoms with E-state index in [9.17, 15) is 75.7 Å². The molecule has 0 radical (unpaired) electrons. The Morgan fingerprint density at radius 2 is 1.27 bits per heavy atom. The van der Waals surface area contributed by atoms with Gasteiger partial charge in [0.2, 0.25) is 6.29 Å². The molecule has 0 aromatic heterocycles. The molecule has 4 heterocycles. The van der Waals surface area contributed by atoms with Crippen LogP contribution in [-0.2, 0) is 61.8 Å². The highest BCUT2D eigenvalue weighted by atomic mass is 16.8. The van der Waals surface area contributed by atoms with Gasteiger partial charge in [-0.25, -0.2) is 4.79 Å². The number of hydrogen-bond acceptors (Lipinski definition) is 23. The van der Waals surface area contributed by atoms with Gasteiger partial charge in [-0.3, -0.25) is 14.4 Å². The van der Waals surface area contributed by atoms with E-state index in [1.165, 1.54) is 20.8 Å². The van der Waals surface area contributed by atoms with Crippen LogP contribution in [0.15, 0.2) is 11.6 Å². The molecule has 80 heavy (non-hydrogen) atoms. The number of fused-ring (bicyclic) bond motifs is 7. The molecule has 4 saturated heterocycles. The SMILES string of the molecule is CC(=O)O[C@H]1[C@@H](O[C@H]2OC[C@@](O)(CO)[C@@H]2O)[C@H](O[C@H]2O[C@H](C)[C@@H](O)[C@H](O)[C@@H]2O)[C@@H](OC(=O)[C@@]23CCC(C)(C)C[C@@H]2C2=CCC4[C@]5(C)C[C@@H](O)[C@@H](O[C@H]6O[C@@H](C(=O)O)[C@H](O)[C@@H](O)[C@@H]6O)[C@](C)(C(=O)O)C5CC[C@]4(C)[C@@]2(C)CC3)O[C@H]1C. The summed E-state index contributed by atoms with van der Waals surface area (Å²) in [6, 6.07) is 0. The lowest BCUT2D eigenvalue weighted by molar-refractivity contribution is -0.372. The van der Waals surface area contributed by atoms with Gasteiger partial charge in [-0.15, -0.1) is 0 Å². The molecule has 4 saturated carbocycles. The Kier molecular flexibility index (Phi) is 16.5. The topological polar surface area (TPSA) is 394 Å². The first-order valence-corrected chi connectivity index (χ1v) is 28.0. The summed E-state index contributed by atoms with van der Waals surface area (Å²) in [5.41, 5.74) is -6.50. The van der Waals surface area contributed by atoms with Gasteiger partial charge in [0.25, 0.3) is 0 Å². The summed E-state index contributed by atoms with van der Waals surface area (Å²) >= 11 is 0. The van der Waals surface area contributed by atoms with E-state index in [1.807, 2.05) is 6.92 Å². The molecular formula is C55H84O25. The molecule has 0 aromatic rings. The second-order valence-electron chi connectivity index (χ2n) is 26.5. The quantitative estimate of drug-likeness (QED) is 0.0657. The van der Waals surface area contributed by atoms with Crippen molar-refractivity contribution in [1.29, 1.82) is 0 Å². The number of rotatable bonds is 12. The van der Waals surface area contributed by atoms with E-state index in [0.29, 0.717) is 51.4 Å². The van der Waals surface area contributed by atoms with Crippen molar-refractivity contribution in [3.8, 4) is 0 Å². The van der Waals surface area contributed by atoms with Crippen molar-refractivity contribution >= 4 is 23.9 Å². The number of carbonyl (C=O) groups excluding carboxylic acids is 2. The molecule has 0 amide bonds. The zero-order valence-corrected chi connectivity index (χ0v) is 46.7. The molecule has 12 N–H and O–H groups in total. The highest BCUT2D eigenvalue weighted by Crippen LogP contribution is 2.76. The predicted molar refractivity (Wildman–Crippen MR) is 267 cm³/mol. The zero-order valence-electron chi connectivity index (χ0n) is 46.7. The van der Waals surface area contributed by atoms with Crippen LogP contribution >= 0.6 is 0 Å². The van der Waals surface area contributed by atoms with Crippen LogP contribution in [0.1, 0.15) is 120 Å². The fourth-order valence-electron chi connectivity index (χ4n) is 16.5. The minimum atomic E-state index is -2.17. The summed E-state index contributed by atoms with van der Waals surface area (Å²) in [6.45, 7) is 14.7. The molecular weight excluding hydrogens is 1060 g/mol. The molecule has 0 spiro atoms. The van der Waals surface area contributed by atoms with Crippen molar-refractivity contribution in [2.75, 3.05) is 13.2 Å². The first-order chi connectivity index (χ1) is 37.2. The number of ether oxygens (including phenoxy) is 9. The van der Waals surface area contributed by atoms with Gasteiger partial charge in [0, 0.05) is 6.92 Å². The highest BCUT2D eigenvalue weighted by Gasteiger charge is 2.73. The molecule has 28 atom stereocenters. The molecule has 8 fully saturated rings. The highest BCUT2D eigenvalue weighted by molar-refractivity contribution is 5.79. The van der Waals surface area contributed by atoms with Crippen molar-refractivity contribution < 1.29 is 123 Å². The molecule has 454 valence electrons. The van der Waals surface area contributed by atoms with Crippen molar-refractivity contribution in [3.63, 3.8) is 0 Å². The summed E-state index contributed by atoms with van der Waals surface area (Å²) in [7, 11) is 0. The number of carboxylic acid groups (broad SMARTS) is 2. The fourth-order valence-corrected chi connectivity index (χ4v) is 16.5. The van der Waals surface area contributed by atoms with Crippen molar-refractivity contribution in [2.45, 2.75) is 242 Å². The van der Waals surface area contributed by atoms with Gasteiger partial charge in [-0.05, 0) is 118 Å². The van der Waals surface area contributed by atoms with Crippen LogP contribution in [0.25, 0.3) is 0 Å². The lowest BCUT2D eigenvalue weighted by Crippen LogP contribution is -2.70. The summed E-state index contributed by atoms with van der Waals surface area (Å²) in [5, 5.41) is 130. The molecule has 4 aliphatic heterocycles. The fraction of sp³-hybridized carbons (Fsp3) is 0.891. The van der Waals surface area contributed by atoms with Gasteiger partial charge in [0.05, 0.1) is 42.4 Å². The normalized spacial score (nSPS) is 52.7. The third-order valence-electron chi connectivity index (χ3n) is 21.4. The average molecular weight is 1150 g/mol. The lowest BCUT2D eigenvalue weighted by Gasteiger charge is -2.71. The maximum atomic E-state index is 15.7.